The number of nitrogens with zero attached hydrogens (tertiary/aromatic N) is 6. The predicted molar refractivity (Wildman–Crippen MR) is 176 cm³/mol. The number of pyridine rings is 1. The summed E-state index contributed by atoms with van der Waals surface area (Å²) in [6.45, 7) is 8.21. The van der Waals surface area contributed by atoms with Gasteiger partial charge in [-0.3, -0.25) is 14.7 Å². The Morgan fingerprint density at radius 3 is 2.57 bits per heavy atom. The van der Waals surface area contributed by atoms with Crippen LogP contribution in [0.15, 0.2) is 65.2 Å². The molecule has 46 heavy (non-hydrogen) atoms. The summed E-state index contributed by atoms with van der Waals surface area (Å²) in [6, 6.07) is 19.3. The smallest absolute Gasteiger partial charge is 0.227 e. The number of aromatic nitrogens is 4. The van der Waals surface area contributed by atoms with Gasteiger partial charge >= 0.3 is 0 Å². The van der Waals surface area contributed by atoms with Gasteiger partial charge in [-0.05, 0) is 85.3 Å². The topological polar surface area (TPSA) is 141 Å². The number of aliphatic hydroxyl groups is 1. The van der Waals surface area contributed by atoms with E-state index >= 15 is 0 Å². The zero-order valence-corrected chi connectivity index (χ0v) is 25.7. The Labute approximate surface area is 265 Å². The van der Waals surface area contributed by atoms with Crippen molar-refractivity contribution in [2.75, 3.05) is 18.4 Å². The number of carbonyl (C=O) groups excluding carboxylic acids is 1. The second-order valence-electron chi connectivity index (χ2n) is 11.8. The highest BCUT2D eigenvalue weighted by Gasteiger charge is 2.21. The van der Waals surface area contributed by atoms with Crippen LogP contribution >= 0.6 is 0 Å². The summed E-state index contributed by atoms with van der Waals surface area (Å²) < 4.78 is 6.09. The molecule has 10 nitrogen and oxygen atoms in total. The summed E-state index contributed by atoms with van der Waals surface area (Å²) in [4.78, 5) is 32.4. The van der Waals surface area contributed by atoms with E-state index < -0.39 is 0 Å². The Morgan fingerprint density at radius 1 is 1.02 bits per heavy atom. The number of benzene rings is 3. The second-order valence-corrected chi connectivity index (χ2v) is 11.8. The van der Waals surface area contributed by atoms with Crippen molar-refractivity contribution in [3.63, 3.8) is 0 Å². The monoisotopic (exact) mass is 609 g/mol. The molecule has 0 amide bonds. The van der Waals surface area contributed by atoms with Crippen LogP contribution in [0.2, 0.25) is 0 Å². The number of nitriles is 1. The first kappa shape index (κ1) is 29.2. The second kappa shape index (κ2) is 11.8. The van der Waals surface area contributed by atoms with Gasteiger partial charge in [0.25, 0.3) is 0 Å². The zero-order valence-electron chi connectivity index (χ0n) is 25.7. The molecule has 6 aromatic rings. The van der Waals surface area contributed by atoms with Gasteiger partial charge in [0, 0.05) is 42.6 Å². The van der Waals surface area contributed by atoms with E-state index in [1.165, 1.54) is 6.07 Å². The van der Waals surface area contributed by atoms with Crippen molar-refractivity contribution in [3.05, 3.63) is 94.4 Å². The third-order valence-corrected chi connectivity index (χ3v) is 8.57. The average Bonchev–Trinajstić information content (AvgIpc) is 3.67. The standard InChI is InChI=1S/C36H31N7O3/c1-20-27(6-4-8-29(20)36-42-32-13-23(19-44)12-25(15-37)34(32)46-36)28-7-5-9-30(21(28)2)41-35-33-31(39-22(3)40-35)14-24(16-38-33)17-43-11-10-26(45)18-43/h4-9,12-14,16,19,26,45H,10-11,17-18H2,1-3H3,(H,39,40,41)/t26-/m1/s1. The van der Waals surface area contributed by atoms with Gasteiger partial charge in [-0.15, -0.1) is 0 Å². The molecule has 0 unspecified atom stereocenters. The zero-order chi connectivity index (χ0) is 31.9. The molecule has 0 radical (unpaired) electrons. The van der Waals surface area contributed by atoms with E-state index in [1.807, 2.05) is 44.3 Å². The van der Waals surface area contributed by atoms with Crippen LogP contribution in [0.3, 0.4) is 0 Å². The number of oxazole rings is 1. The van der Waals surface area contributed by atoms with Crippen LogP contribution < -0.4 is 5.32 Å². The maximum absolute atomic E-state index is 11.4. The van der Waals surface area contributed by atoms with E-state index in [4.69, 9.17) is 14.4 Å². The minimum absolute atomic E-state index is 0.267. The molecule has 0 bridgehead atoms. The Kier molecular flexibility index (Phi) is 7.48. The number of aliphatic hydroxyl groups excluding tert-OH is 1. The third kappa shape index (κ3) is 5.36. The number of likely N-dealkylation sites (tertiary alicyclic amines) is 1. The molecule has 0 spiro atoms. The molecule has 4 heterocycles. The summed E-state index contributed by atoms with van der Waals surface area (Å²) in [6.07, 6.45) is 3.09. The molecule has 0 saturated carbocycles. The summed E-state index contributed by atoms with van der Waals surface area (Å²) in [5.74, 6) is 1.65. The molecule has 0 aliphatic carbocycles. The summed E-state index contributed by atoms with van der Waals surface area (Å²) in [5.41, 5.74) is 9.67. The van der Waals surface area contributed by atoms with Crippen molar-refractivity contribution in [2.24, 2.45) is 0 Å². The molecule has 3 aromatic carbocycles. The van der Waals surface area contributed by atoms with Gasteiger partial charge in [-0.25, -0.2) is 15.0 Å². The lowest BCUT2D eigenvalue weighted by Gasteiger charge is -2.17. The van der Waals surface area contributed by atoms with E-state index in [-0.39, 0.29) is 11.7 Å². The van der Waals surface area contributed by atoms with Crippen LogP contribution in [0.25, 0.3) is 44.7 Å². The van der Waals surface area contributed by atoms with E-state index in [9.17, 15) is 15.2 Å². The van der Waals surface area contributed by atoms with Crippen LogP contribution in [0.5, 0.6) is 0 Å². The minimum Gasteiger partial charge on any atom is -0.435 e. The van der Waals surface area contributed by atoms with E-state index in [2.05, 4.69) is 51.4 Å². The number of aryl methyl sites for hydroxylation is 1. The Balaban J connectivity index is 1.23. The molecule has 228 valence electrons. The average molecular weight is 610 g/mol. The first-order chi connectivity index (χ1) is 22.3. The number of aldehydes is 1. The highest BCUT2D eigenvalue weighted by atomic mass is 16.3. The largest absolute Gasteiger partial charge is 0.435 e. The molecule has 1 aliphatic heterocycles. The molecule has 1 atom stereocenters. The van der Waals surface area contributed by atoms with E-state index in [0.717, 1.165) is 57.6 Å². The van der Waals surface area contributed by atoms with Crippen molar-refractivity contribution in [2.45, 2.75) is 39.8 Å². The summed E-state index contributed by atoms with van der Waals surface area (Å²) >= 11 is 0. The molecule has 2 N–H and O–H groups in total. The van der Waals surface area contributed by atoms with Crippen molar-refractivity contribution < 1.29 is 14.3 Å². The Morgan fingerprint density at radius 2 is 1.80 bits per heavy atom. The van der Waals surface area contributed by atoms with Crippen LogP contribution in [-0.4, -0.2) is 55.4 Å². The van der Waals surface area contributed by atoms with Crippen LogP contribution in [-0.2, 0) is 6.54 Å². The lowest BCUT2D eigenvalue weighted by Crippen LogP contribution is -2.21. The molecular weight excluding hydrogens is 578 g/mol. The number of hydrogen-bond donors (Lipinski definition) is 2. The van der Waals surface area contributed by atoms with Crippen LogP contribution in [0.1, 0.15) is 44.9 Å². The van der Waals surface area contributed by atoms with E-state index in [1.54, 1.807) is 6.07 Å². The first-order valence-corrected chi connectivity index (χ1v) is 15.1. The summed E-state index contributed by atoms with van der Waals surface area (Å²) in [7, 11) is 0. The fourth-order valence-electron chi connectivity index (χ4n) is 6.23. The van der Waals surface area contributed by atoms with Crippen molar-refractivity contribution >= 4 is 39.9 Å². The molecule has 7 rings (SSSR count). The van der Waals surface area contributed by atoms with Crippen molar-refractivity contribution in [1.82, 2.24) is 24.8 Å². The number of rotatable bonds is 7. The fraction of sp³-hybridized carbons (Fsp3) is 0.222. The van der Waals surface area contributed by atoms with Crippen LogP contribution in [0, 0.1) is 32.1 Å². The van der Waals surface area contributed by atoms with Gasteiger partial charge in [0.1, 0.15) is 29.2 Å². The number of carbonyl (C=O) groups is 1. The Hall–Kier alpha value is -5.50. The highest BCUT2D eigenvalue weighted by molar-refractivity contribution is 5.91. The number of β-amino-alcohol motifs (C(OH)–C–C–N with tert-alkyl or cyclic N) is 1. The fourth-order valence-corrected chi connectivity index (χ4v) is 6.23. The van der Waals surface area contributed by atoms with Crippen molar-refractivity contribution in [1.29, 1.82) is 5.26 Å². The normalized spacial score (nSPS) is 15.0. The third-order valence-electron chi connectivity index (χ3n) is 8.57. The molecule has 1 aliphatic rings. The van der Waals surface area contributed by atoms with Gasteiger partial charge in [0.15, 0.2) is 11.4 Å². The molecule has 3 aromatic heterocycles. The number of fused-ring (bicyclic) bond motifs is 2. The number of hydrogen-bond acceptors (Lipinski definition) is 10. The maximum atomic E-state index is 11.4. The summed E-state index contributed by atoms with van der Waals surface area (Å²) in [5, 5.41) is 23.0. The van der Waals surface area contributed by atoms with Gasteiger partial charge in [-0.2, -0.15) is 5.26 Å². The highest BCUT2D eigenvalue weighted by Crippen LogP contribution is 2.37. The minimum atomic E-state index is -0.267. The first-order valence-electron chi connectivity index (χ1n) is 15.1. The Bertz CT molecular complexity index is 2200. The molecule has 10 heteroatoms. The van der Waals surface area contributed by atoms with E-state index in [0.29, 0.717) is 59.1 Å². The lowest BCUT2D eigenvalue weighted by atomic mass is 9.93. The van der Waals surface area contributed by atoms with Gasteiger partial charge in [0.2, 0.25) is 5.89 Å². The van der Waals surface area contributed by atoms with Crippen molar-refractivity contribution in [3.8, 4) is 28.7 Å². The molecule has 1 fully saturated rings. The predicted octanol–water partition coefficient (Wildman–Crippen LogP) is 6.42. The van der Waals surface area contributed by atoms with Gasteiger partial charge < -0.3 is 14.8 Å². The SMILES string of the molecule is Cc1nc(Nc2cccc(-c3cccc(-c4nc5cc(C=O)cc(C#N)c5o4)c3C)c2C)c2ncc(CN3CC[C@@H](O)C3)cc2n1. The molecular formula is C36H31N7O3. The number of anilines is 2. The number of nitrogens with one attached hydrogen (secondary N) is 1. The van der Waals surface area contributed by atoms with Gasteiger partial charge in [0.05, 0.1) is 17.2 Å². The maximum Gasteiger partial charge on any atom is 0.227 e. The van der Waals surface area contributed by atoms with Gasteiger partial charge in [-0.1, -0.05) is 24.3 Å². The lowest BCUT2D eigenvalue weighted by molar-refractivity contribution is 0.112. The molecule has 1 saturated heterocycles. The quantitative estimate of drug-likeness (QED) is 0.195. The van der Waals surface area contributed by atoms with Crippen LogP contribution in [0.4, 0.5) is 11.5 Å².